The number of hydrogen-bond donors (Lipinski definition) is 2. The summed E-state index contributed by atoms with van der Waals surface area (Å²) >= 11 is 1.38. The Labute approximate surface area is 163 Å². The Morgan fingerprint density at radius 3 is 2.82 bits per heavy atom. The van der Waals surface area contributed by atoms with Crippen molar-refractivity contribution in [3.8, 4) is 22.0 Å². The maximum Gasteiger partial charge on any atom is 0.275 e. The first-order valence-corrected chi connectivity index (χ1v) is 9.30. The summed E-state index contributed by atoms with van der Waals surface area (Å²) in [6.07, 6.45) is 3.55. The van der Waals surface area contributed by atoms with Crippen LogP contribution in [0.4, 0.5) is 5.69 Å². The van der Waals surface area contributed by atoms with Gasteiger partial charge in [-0.15, -0.1) is 11.3 Å². The molecule has 1 amide bonds. The minimum Gasteiger partial charge on any atom is -0.321 e. The van der Waals surface area contributed by atoms with Gasteiger partial charge in [-0.05, 0) is 19.1 Å². The van der Waals surface area contributed by atoms with Gasteiger partial charge in [0, 0.05) is 47.2 Å². The van der Waals surface area contributed by atoms with E-state index >= 15 is 0 Å². The van der Waals surface area contributed by atoms with Gasteiger partial charge >= 0.3 is 0 Å². The van der Waals surface area contributed by atoms with Crippen LogP contribution >= 0.6 is 11.3 Å². The Hall–Kier alpha value is -3.59. The van der Waals surface area contributed by atoms with Crippen molar-refractivity contribution in [2.24, 2.45) is 7.05 Å². The number of anilines is 1. The van der Waals surface area contributed by atoms with E-state index < -0.39 is 0 Å². The number of aromatic nitrogens is 5. The number of nitrogens with one attached hydrogen (secondary N) is 2. The molecule has 0 atom stereocenters. The number of benzene rings is 1. The Kier molecular flexibility index (Phi) is 4.58. The van der Waals surface area contributed by atoms with Gasteiger partial charge in [0.05, 0.1) is 6.20 Å². The van der Waals surface area contributed by atoms with Crippen molar-refractivity contribution >= 4 is 22.9 Å². The molecule has 3 aromatic heterocycles. The molecule has 0 unspecified atom stereocenters. The molecule has 4 aromatic rings. The highest BCUT2D eigenvalue weighted by Crippen LogP contribution is 2.24. The largest absolute Gasteiger partial charge is 0.321 e. The molecule has 8 nitrogen and oxygen atoms in total. The summed E-state index contributed by atoms with van der Waals surface area (Å²) in [5.41, 5.74) is 2.89. The number of nitrogens with zero attached hydrogens (tertiary/aromatic N) is 4. The van der Waals surface area contributed by atoms with Gasteiger partial charge in [0.15, 0.2) is 0 Å². The van der Waals surface area contributed by atoms with Crippen LogP contribution in [0.2, 0.25) is 0 Å². The number of carbonyl (C=O) groups excluding carboxylic acids is 1. The highest BCUT2D eigenvalue weighted by atomic mass is 32.1. The van der Waals surface area contributed by atoms with Crippen molar-refractivity contribution in [3.05, 3.63) is 69.8 Å². The number of rotatable bonds is 4. The number of H-pyrrole nitrogens is 1. The molecule has 0 spiro atoms. The monoisotopic (exact) mass is 392 g/mol. The molecular formula is C19H16N6O2S. The molecule has 0 aliphatic carbocycles. The lowest BCUT2D eigenvalue weighted by Gasteiger charge is -2.06. The predicted molar refractivity (Wildman–Crippen MR) is 107 cm³/mol. The number of hydrogen-bond acceptors (Lipinski definition) is 6. The lowest BCUT2D eigenvalue weighted by atomic mass is 10.2. The summed E-state index contributed by atoms with van der Waals surface area (Å²) in [5, 5.41) is 9.39. The number of amides is 1. The molecule has 0 aliphatic rings. The molecule has 0 saturated carbocycles. The lowest BCUT2D eigenvalue weighted by Crippen LogP contribution is -2.12. The Bertz CT molecular complexity index is 1220. The standard InChI is InChI=1S/C19H16N6O2S/c1-11-6-16(26)24-17(21-11)12-4-3-5-14(7-12)22-18(27)15-10-28-19(23-15)13-8-20-25(2)9-13/h3-10H,1-2H3,(H,22,27)(H,21,24,26). The van der Waals surface area contributed by atoms with E-state index in [1.807, 2.05) is 19.3 Å². The van der Waals surface area contributed by atoms with Gasteiger partial charge in [-0.3, -0.25) is 14.3 Å². The minimum absolute atomic E-state index is 0.220. The third-order valence-corrected chi connectivity index (χ3v) is 4.84. The number of aryl methyl sites for hydroxylation is 2. The smallest absolute Gasteiger partial charge is 0.275 e. The second-order valence-corrected chi connectivity index (χ2v) is 7.07. The molecule has 0 bridgehead atoms. The van der Waals surface area contributed by atoms with Gasteiger partial charge in [0.1, 0.15) is 16.5 Å². The summed E-state index contributed by atoms with van der Waals surface area (Å²) in [7, 11) is 1.83. The maximum atomic E-state index is 12.6. The molecular weight excluding hydrogens is 376 g/mol. The summed E-state index contributed by atoms with van der Waals surface area (Å²) in [6.45, 7) is 1.76. The molecule has 9 heteroatoms. The van der Waals surface area contributed by atoms with Crippen LogP contribution < -0.4 is 10.9 Å². The van der Waals surface area contributed by atoms with Gasteiger partial charge in [0.25, 0.3) is 11.5 Å². The Morgan fingerprint density at radius 2 is 2.07 bits per heavy atom. The van der Waals surface area contributed by atoms with Crippen molar-refractivity contribution in [2.75, 3.05) is 5.32 Å². The zero-order chi connectivity index (χ0) is 19.7. The van der Waals surface area contributed by atoms with E-state index in [-0.39, 0.29) is 11.5 Å². The molecule has 28 heavy (non-hydrogen) atoms. The molecule has 140 valence electrons. The maximum absolute atomic E-state index is 12.6. The molecule has 0 aliphatic heterocycles. The normalized spacial score (nSPS) is 10.8. The van der Waals surface area contributed by atoms with Crippen LogP contribution in [-0.4, -0.2) is 30.6 Å². The zero-order valence-corrected chi connectivity index (χ0v) is 15.9. The molecule has 0 radical (unpaired) electrons. The summed E-state index contributed by atoms with van der Waals surface area (Å²) in [6, 6.07) is 8.55. The lowest BCUT2D eigenvalue weighted by molar-refractivity contribution is 0.102. The summed E-state index contributed by atoms with van der Waals surface area (Å²) < 4.78 is 1.69. The molecule has 0 fully saturated rings. The van der Waals surface area contributed by atoms with Crippen molar-refractivity contribution < 1.29 is 4.79 Å². The van der Waals surface area contributed by atoms with Gasteiger partial charge in [-0.25, -0.2) is 9.97 Å². The van der Waals surface area contributed by atoms with E-state index in [0.717, 1.165) is 10.6 Å². The number of aromatic amines is 1. The van der Waals surface area contributed by atoms with Crippen molar-refractivity contribution in [3.63, 3.8) is 0 Å². The fourth-order valence-electron chi connectivity index (χ4n) is 2.70. The first-order chi connectivity index (χ1) is 13.5. The van der Waals surface area contributed by atoms with Crippen LogP contribution in [0.25, 0.3) is 22.0 Å². The zero-order valence-electron chi connectivity index (χ0n) is 15.1. The predicted octanol–water partition coefficient (Wildman–Crippen LogP) is 2.85. The molecule has 2 N–H and O–H groups in total. The van der Waals surface area contributed by atoms with Gasteiger partial charge in [0.2, 0.25) is 0 Å². The minimum atomic E-state index is -0.311. The van der Waals surface area contributed by atoms with Crippen LogP contribution in [-0.2, 0) is 7.05 Å². The van der Waals surface area contributed by atoms with Crippen molar-refractivity contribution in [1.82, 2.24) is 24.7 Å². The number of carbonyl (C=O) groups is 1. The average Bonchev–Trinajstić information content (AvgIpc) is 3.30. The topological polar surface area (TPSA) is 106 Å². The summed E-state index contributed by atoms with van der Waals surface area (Å²) in [4.78, 5) is 35.7. The second kappa shape index (κ2) is 7.20. The highest BCUT2D eigenvalue weighted by Gasteiger charge is 2.13. The van der Waals surface area contributed by atoms with Gasteiger partial charge < -0.3 is 10.3 Å². The highest BCUT2D eigenvalue weighted by molar-refractivity contribution is 7.13. The van der Waals surface area contributed by atoms with Gasteiger partial charge in [-0.2, -0.15) is 5.10 Å². The molecule has 0 saturated heterocycles. The summed E-state index contributed by atoms with van der Waals surface area (Å²) in [5.74, 6) is 0.142. The van der Waals surface area contributed by atoms with Crippen LogP contribution in [0, 0.1) is 6.92 Å². The number of thiazole rings is 1. The van der Waals surface area contributed by atoms with E-state index in [1.165, 1.54) is 17.4 Å². The quantitative estimate of drug-likeness (QED) is 0.556. The molecule has 1 aromatic carbocycles. The van der Waals surface area contributed by atoms with Crippen LogP contribution in [0.15, 0.2) is 52.9 Å². The van der Waals surface area contributed by atoms with E-state index in [4.69, 9.17) is 0 Å². The Balaban J connectivity index is 1.55. The second-order valence-electron chi connectivity index (χ2n) is 6.21. The average molecular weight is 392 g/mol. The molecule has 3 heterocycles. The van der Waals surface area contributed by atoms with Crippen LogP contribution in [0.5, 0.6) is 0 Å². The van der Waals surface area contributed by atoms with E-state index in [1.54, 1.807) is 41.4 Å². The first kappa shape index (κ1) is 17.8. The fraction of sp³-hybridized carbons (Fsp3) is 0.105. The first-order valence-electron chi connectivity index (χ1n) is 8.42. The van der Waals surface area contributed by atoms with Crippen LogP contribution in [0.1, 0.15) is 16.2 Å². The van der Waals surface area contributed by atoms with Crippen molar-refractivity contribution in [2.45, 2.75) is 6.92 Å². The van der Waals surface area contributed by atoms with E-state index in [9.17, 15) is 9.59 Å². The van der Waals surface area contributed by atoms with Crippen LogP contribution in [0.3, 0.4) is 0 Å². The van der Waals surface area contributed by atoms with Crippen molar-refractivity contribution in [1.29, 1.82) is 0 Å². The van der Waals surface area contributed by atoms with Gasteiger partial charge in [-0.1, -0.05) is 12.1 Å². The Morgan fingerprint density at radius 1 is 1.21 bits per heavy atom. The third kappa shape index (κ3) is 3.74. The fourth-order valence-corrected chi connectivity index (χ4v) is 3.47. The molecule has 4 rings (SSSR count). The van der Waals surface area contributed by atoms with E-state index in [0.29, 0.717) is 28.5 Å². The third-order valence-electron chi connectivity index (χ3n) is 3.95. The van der Waals surface area contributed by atoms with E-state index in [2.05, 4.69) is 25.4 Å². The SMILES string of the molecule is Cc1cc(=O)[nH]c(-c2cccc(NC(=O)c3csc(-c4cnn(C)c4)n3)c2)n1.